The van der Waals surface area contributed by atoms with Crippen LogP contribution in [0.3, 0.4) is 0 Å². The van der Waals surface area contributed by atoms with E-state index in [4.69, 9.17) is 0 Å². The Balaban J connectivity index is 2.86. The monoisotopic (exact) mass is 253 g/mol. The fourth-order valence-electron chi connectivity index (χ4n) is 1.11. The van der Waals surface area contributed by atoms with Crippen LogP contribution in [0, 0.1) is 0 Å². The van der Waals surface area contributed by atoms with Gasteiger partial charge in [-0.1, -0.05) is 28.1 Å². The molecule has 0 spiro atoms. The van der Waals surface area contributed by atoms with Crippen molar-refractivity contribution in [2.75, 3.05) is 13.6 Å². The Morgan fingerprint density at radius 2 is 2.07 bits per heavy atom. The Morgan fingerprint density at radius 3 is 2.71 bits per heavy atom. The van der Waals surface area contributed by atoms with Crippen molar-refractivity contribution < 1.29 is 4.79 Å². The van der Waals surface area contributed by atoms with Crippen molar-refractivity contribution in [3.8, 4) is 0 Å². The van der Waals surface area contributed by atoms with Gasteiger partial charge in [-0.15, -0.1) is 0 Å². The molecule has 1 aromatic rings. The van der Waals surface area contributed by atoms with E-state index in [0.717, 1.165) is 22.9 Å². The highest BCUT2D eigenvalue weighted by molar-refractivity contribution is 9.10. The number of aldehydes is 1. The Hall–Kier alpha value is -0.930. The molecule has 0 saturated heterocycles. The van der Waals surface area contributed by atoms with Crippen LogP contribution in [-0.4, -0.2) is 19.9 Å². The summed E-state index contributed by atoms with van der Waals surface area (Å²) in [5.74, 6) is 0. The topological polar surface area (TPSA) is 29.1 Å². The lowest BCUT2D eigenvalue weighted by Gasteiger charge is -1.97. The summed E-state index contributed by atoms with van der Waals surface area (Å²) >= 11 is 3.35. The number of likely N-dealkylation sites (N-methyl/N-ethyl adjacent to an activating group) is 1. The maximum absolute atomic E-state index is 10.6. The van der Waals surface area contributed by atoms with Crippen molar-refractivity contribution in [1.29, 1.82) is 0 Å². The van der Waals surface area contributed by atoms with Gasteiger partial charge in [0, 0.05) is 16.6 Å². The molecule has 0 aliphatic rings. The normalized spacial score (nSPS) is 10.7. The number of carbonyl (C=O) groups is 1. The average Bonchev–Trinajstić information content (AvgIpc) is 2.17. The lowest BCUT2D eigenvalue weighted by atomic mass is 10.1. The van der Waals surface area contributed by atoms with Gasteiger partial charge in [0.05, 0.1) is 0 Å². The molecule has 0 aliphatic carbocycles. The number of halogens is 1. The van der Waals surface area contributed by atoms with Crippen molar-refractivity contribution in [3.63, 3.8) is 0 Å². The minimum absolute atomic E-state index is 0.684. The lowest BCUT2D eigenvalue weighted by Crippen LogP contribution is -2.03. The van der Waals surface area contributed by atoms with Crippen LogP contribution in [0.5, 0.6) is 0 Å². The lowest BCUT2D eigenvalue weighted by molar-refractivity contribution is 0.112. The average molecular weight is 254 g/mol. The van der Waals surface area contributed by atoms with Crippen molar-refractivity contribution in [2.45, 2.75) is 0 Å². The summed E-state index contributed by atoms with van der Waals surface area (Å²) in [6.07, 6.45) is 4.84. The highest BCUT2D eigenvalue weighted by Crippen LogP contribution is 2.15. The minimum Gasteiger partial charge on any atom is -0.316 e. The van der Waals surface area contributed by atoms with Crippen molar-refractivity contribution in [1.82, 2.24) is 5.32 Å². The SMILES string of the molecule is CNCC=Cc1cc(Br)cc(C=O)c1. The van der Waals surface area contributed by atoms with E-state index in [1.807, 2.05) is 31.3 Å². The van der Waals surface area contributed by atoms with Crippen LogP contribution in [-0.2, 0) is 0 Å². The standard InChI is InChI=1S/C11H12BrNO/c1-13-4-2-3-9-5-10(8-14)7-11(12)6-9/h2-3,5-8,13H,4H2,1H3. The molecule has 1 rings (SSSR count). The van der Waals surface area contributed by atoms with E-state index in [-0.39, 0.29) is 0 Å². The van der Waals surface area contributed by atoms with Gasteiger partial charge in [0.1, 0.15) is 6.29 Å². The van der Waals surface area contributed by atoms with Gasteiger partial charge in [-0.05, 0) is 30.8 Å². The van der Waals surface area contributed by atoms with Gasteiger partial charge in [0.25, 0.3) is 0 Å². The summed E-state index contributed by atoms with van der Waals surface area (Å²) in [5, 5.41) is 3.01. The highest BCUT2D eigenvalue weighted by Gasteiger charge is 1.95. The molecule has 0 fully saturated rings. The zero-order valence-electron chi connectivity index (χ0n) is 7.96. The van der Waals surface area contributed by atoms with Crippen molar-refractivity contribution in [2.24, 2.45) is 0 Å². The first-order valence-electron chi connectivity index (χ1n) is 4.33. The molecule has 0 aliphatic heterocycles. The molecule has 0 bridgehead atoms. The first kappa shape index (κ1) is 11.1. The molecule has 0 radical (unpaired) electrons. The van der Waals surface area contributed by atoms with Crippen LogP contribution in [0.2, 0.25) is 0 Å². The largest absolute Gasteiger partial charge is 0.316 e. The van der Waals surface area contributed by atoms with Crippen LogP contribution in [0.4, 0.5) is 0 Å². The van der Waals surface area contributed by atoms with Gasteiger partial charge in [0.2, 0.25) is 0 Å². The van der Waals surface area contributed by atoms with E-state index in [0.29, 0.717) is 5.56 Å². The molecule has 0 amide bonds. The predicted octanol–water partition coefficient (Wildman–Crippen LogP) is 2.49. The third kappa shape index (κ3) is 3.44. The zero-order valence-corrected chi connectivity index (χ0v) is 9.54. The minimum atomic E-state index is 0.684. The Morgan fingerprint density at radius 1 is 1.36 bits per heavy atom. The van der Waals surface area contributed by atoms with E-state index in [2.05, 4.69) is 21.2 Å². The second kappa shape index (κ2) is 5.73. The number of rotatable bonds is 4. The summed E-state index contributed by atoms with van der Waals surface area (Å²) in [7, 11) is 1.89. The van der Waals surface area contributed by atoms with E-state index in [1.165, 1.54) is 0 Å². The quantitative estimate of drug-likeness (QED) is 0.836. The molecule has 0 heterocycles. The fourth-order valence-corrected chi connectivity index (χ4v) is 1.64. The van der Waals surface area contributed by atoms with Gasteiger partial charge in [-0.3, -0.25) is 4.79 Å². The Labute approximate surface area is 92.1 Å². The highest BCUT2D eigenvalue weighted by atomic mass is 79.9. The second-order valence-electron chi connectivity index (χ2n) is 2.90. The first-order valence-corrected chi connectivity index (χ1v) is 5.12. The maximum Gasteiger partial charge on any atom is 0.150 e. The Kier molecular flexibility index (Phi) is 4.56. The van der Waals surface area contributed by atoms with Gasteiger partial charge in [-0.25, -0.2) is 0 Å². The summed E-state index contributed by atoms with van der Waals surface area (Å²) in [6, 6.07) is 5.62. The summed E-state index contributed by atoms with van der Waals surface area (Å²) in [5.41, 5.74) is 1.71. The van der Waals surface area contributed by atoms with Gasteiger partial charge in [0.15, 0.2) is 0 Å². The van der Waals surface area contributed by atoms with Crippen molar-refractivity contribution in [3.05, 3.63) is 39.9 Å². The van der Waals surface area contributed by atoms with Crippen molar-refractivity contribution >= 4 is 28.3 Å². The van der Waals surface area contributed by atoms with Crippen LogP contribution >= 0.6 is 15.9 Å². The fraction of sp³-hybridized carbons (Fsp3) is 0.182. The molecule has 1 N–H and O–H groups in total. The third-order valence-electron chi connectivity index (χ3n) is 1.71. The van der Waals surface area contributed by atoms with E-state index >= 15 is 0 Å². The number of carbonyl (C=O) groups excluding carboxylic acids is 1. The number of benzene rings is 1. The van der Waals surface area contributed by atoms with Crippen LogP contribution in [0.1, 0.15) is 15.9 Å². The van der Waals surface area contributed by atoms with Gasteiger partial charge in [-0.2, -0.15) is 0 Å². The molecule has 2 nitrogen and oxygen atoms in total. The molecule has 74 valence electrons. The third-order valence-corrected chi connectivity index (χ3v) is 2.17. The van der Waals surface area contributed by atoms with Crippen LogP contribution < -0.4 is 5.32 Å². The maximum atomic E-state index is 10.6. The number of hydrogen-bond donors (Lipinski definition) is 1. The van der Waals surface area contributed by atoms with Gasteiger partial charge >= 0.3 is 0 Å². The summed E-state index contributed by atoms with van der Waals surface area (Å²) < 4.78 is 0.922. The molecule has 0 atom stereocenters. The van der Waals surface area contributed by atoms with Crippen LogP contribution in [0.15, 0.2) is 28.7 Å². The smallest absolute Gasteiger partial charge is 0.150 e. The molecular weight excluding hydrogens is 242 g/mol. The van der Waals surface area contributed by atoms with E-state index < -0.39 is 0 Å². The first-order chi connectivity index (χ1) is 6.76. The molecule has 0 unspecified atom stereocenters. The number of nitrogens with one attached hydrogen (secondary N) is 1. The van der Waals surface area contributed by atoms with Crippen LogP contribution in [0.25, 0.3) is 6.08 Å². The number of hydrogen-bond acceptors (Lipinski definition) is 2. The summed E-state index contributed by atoms with van der Waals surface area (Å²) in [6.45, 7) is 0.822. The molecule has 14 heavy (non-hydrogen) atoms. The van der Waals surface area contributed by atoms with E-state index in [1.54, 1.807) is 6.07 Å². The molecule has 1 aromatic carbocycles. The summed E-state index contributed by atoms with van der Waals surface area (Å²) in [4.78, 5) is 10.6. The Bertz CT molecular complexity index is 347. The van der Waals surface area contributed by atoms with E-state index in [9.17, 15) is 4.79 Å². The molecule has 0 aromatic heterocycles. The second-order valence-corrected chi connectivity index (χ2v) is 3.81. The molecule has 3 heteroatoms. The molecule has 0 saturated carbocycles. The molecular formula is C11H12BrNO. The predicted molar refractivity (Wildman–Crippen MR) is 62.5 cm³/mol. The van der Waals surface area contributed by atoms with Gasteiger partial charge < -0.3 is 5.32 Å². The zero-order chi connectivity index (χ0) is 10.4.